The van der Waals surface area contributed by atoms with Crippen molar-refractivity contribution in [3.63, 3.8) is 0 Å². The fourth-order valence-corrected chi connectivity index (χ4v) is 4.19. The van der Waals surface area contributed by atoms with Gasteiger partial charge < -0.3 is 9.80 Å². The molecule has 34 heavy (non-hydrogen) atoms. The summed E-state index contributed by atoms with van der Waals surface area (Å²) in [6.07, 6.45) is 0. The minimum absolute atomic E-state index is 0.142. The Morgan fingerprint density at radius 1 is 1.09 bits per heavy atom. The van der Waals surface area contributed by atoms with Crippen molar-refractivity contribution in [3.05, 3.63) is 97.5 Å². The summed E-state index contributed by atoms with van der Waals surface area (Å²) in [7, 11) is 0. The third kappa shape index (κ3) is 6.26. The number of hydrogen-bond acceptors (Lipinski definition) is 5. The predicted octanol–water partition coefficient (Wildman–Crippen LogP) is 5.18. The van der Waals surface area contributed by atoms with Crippen LogP contribution in [-0.2, 0) is 17.9 Å². The molecule has 0 bridgehead atoms. The van der Waals surface area contributed by atoms with Crippen molar-refractivity contribution < 1.29 is 18.9 Å². The zero-order valence-electron chi connectivity index (χ0n) is 19.2. The van der Waals surface area contributed by atoms with Gasteiger partial charge in [-0.05, 0) is 56.0 Å². The molecule has 0 spiro atoms. The number of carbonyl (C=O) groups excluding carboxylic acids is 2. The molecule has 1 aromatic heterocycles. The van der Waals surface area contributed by atoms with Crippen LogP contribution in [0.25, 0.3) is 0 Å². The average Bonchev–Trinajstić information content (AvgIpc) is 3.31. The molecule has 3 aromatic rings. The highest BCUT2D eigenvalue weighted by Gasteiger charge is 2.26. The van der Waals surface area contributed by atoms with Gasteiger partial charge in [-0.3, -0.25) is 19.7 Å². The Morgan fingerprint density at radius 2 is 1.79 bits per heavy atom. The molecule has 0 unspecified atom stereocenters. The van der Waals surface area contributed by atoms with E-state index in [9.17, 15) is 24.1 Å². The first-order valence-electron chi connectivity index (χ1n) is 10.8. The number of nitro groups is 1. The van der Waals surface area contributed by atoms with Crippen LogP contribution >= 0.6 is 11.3 Å². The maximum atomic E-state index is 13.4. The van der Waals surface area contributed by atoms with E-state index >= 15 is 0 Å². The van der Waals surface area contributed by atoms with Crippen LogP contribution in [0.1, 0.15) is 40.2 Å². The third-order valence-corrected chi connectivity index (χ3v) is 6.27. The molecule has 0 saturated carbocycles. The largest absolute Gasteiger partial charge is 0.332 e. The number of carbonyl (C=O) groups is 2. The van der Waals surface area contributed by atoms with Gasteiger partial charge in [-0.1, -0.05) is 24.3 Å². The van der Waals surface area contributed by atoms with Gasteiger partial charge in [0.15, 0.2) is 0 Å². The molecule has 7 nitrogen and oxygen atoms in total. The van der Waals surface area contributed by atoms with Crippen molar-refractivity contribution in [1.29, 1.82) is 0 Å². The molecule has 1 heterocycles. The van der Waals surface area contributed by atoms with Gasteiger partial charge in [0.25, 0.3) is 11.6 Å². The minimum atomic E-state index is -0.525. The average molecular weight is 484 g/mol. The Bertz CT molecular complexity index is 1160. The summed E-state index contributed by atoms with van der Waals surface area (Å²) < 4.78 is 13.3. The van der Waals surface area contributed by atoms with Crippen molar-refractivity contribution in [3.8, 4) is 0 Å². The molecule has 2 aromatic carbocycles. The molecule has 0 radical (unpaired) electrons. The summed E-state index contributed by atoms with van der Waals surface area (Å²) in [4.78, 5) is 41.4. The van der Waals surface area contributed by atoms with Crippen molar-refractivity contribution in [2.75, 3.05) is 6.54 Å². The van der Waals surface area contributed by atoms with Crippen LogP contribution in [0.3, 0.4) is 0 Å². The van der Waals surface area contributed by atoms with Gasteiger partial charge >= 0.3 is 0 Å². The second-order valence-electron chi connectivity index (χ2n) is 8.24. The molecule has 0 aliphatic heterocycles. The number of aryl methyl sites for hydroxylation is 1. The van der Waals surface area contributed by atoms with E-state index in [4.69, 9.17) is 0 Å². The Labute approximate surface area is 201 Å². The summed E-state index contributed by atoms with van der Waals surface area (Å²) in [5.41, 5.74) is 1.23. The highest BCUT2D eigenvalue weighted by atomic mass is 32.1. The smallest absolute Gasteiger partial charge is 0.273 e. The molecule has 0 aliphatic carbocycles. The van der Waals surface area contributed by atoms with E-state index in [-0.39, 0.29) is 42.1 Å². The minimum Gasteiger partial charge on any atom is -0.332 e. The molecule has 0 N–H and O–H groups in total. The molecule has 0 fully saturated rings. The molecular formula is C25H26FN3O4S. The Hall–Kier alpha value is -3.59. The van der Waals surface area contributed by atoms with Gasteiger partial charge in [0.05, 0.1) is 11.5 Å². The molecule has 2 amide bonds. The first kappa shape index (κ1) is 25.0. The monoisotopic (exact) mass is 483 g/mol. The normalized spacial score (nSPS) is 10.9. The van der Waals surface area contributed by atoms with Gasteiger partial charge in [-0.15, -0.1) is 11.3 Å². The van der Waals surface area contributed by atoms with Crippen LogP contribution in [0.15, 0.2) is 60.0 Å². The Kier molecular flexibility index (Phi) is 8.12. The maximum absolute atomic E-state index is 13.4. The highest BCUT2D eigenvalue weighted by Crippen LogP contribution is 2.22. The van der Waals surface area contributed by atoms with Gasteiger partial charge in [-0.2, -0.15) is 0 Å². The number of thiophene rings is 1. The lowest BCUT2D eigenvalue weighted by Gasteiger charge is -2.30. The predicted molar refractivity (Wildman–Crippen MR) is 129 cm³/mol. The fourth-order valence-electron chi connectivity index (χ4n) is 3.47. The SMILES string of the molecule is Cc1ccc(C(=O)N(CC(=O)N(Cc2ccc(F)cc2)Cc2cccs2)C(C)C)cc1[N+](=O)[O-]. The number of halogens is 1. The summed E-state index contributed by atoms with van der Waals surface area (Å²) in [5, 5.41) is 13.2. The van der Waals surface area contributed by atoms with Gasteiger partial charge in [0.2, 0.25) is 5.91 Å². The summed E-state index contributed by atoms with van der Waals surface area (Å²) in [6.45, 7) is 5.60. The van der Waals surface area contributed by atoms with E-state index in [1.54, 1.807) is 37.8 Å². The van der Waals surface area contributed by atoms with E-state index in [0.717, 1.165) is 10.4 Å². The van der Waals surface area contributed by atoms with Crippen LogP contribution in [0, 0.1) is 22.9 Å². The molecule has 9 heteroatoms. The fraction of sp³-hybridized carbons (Fsp3) is 0.280. The molecule has 0 saturated heterocycles. The summed E-state index contributed by atoms with van der Waals surface area (Å²) >= 11 is 1.52. The quantitative estimate of drug-likeness (QED) is 0.310. The summed E-state index contributed by atoms with van der Waals surface area (Å²) in [5.74, 6) is -1.09. The number of nitrogens with zero attached hydrogens (tertiary/aromatic N) is 3. The molecule has 0 atom stereocenters. The molecular weight excluding hydrogens is 457 g/mol. The second-order valence-corrected chi connectivity index (χ2v) is 9.27. The van der Waals surface area contributed by atoms with Crippen molar-refractivity contribution >= 4 is 28.8 Å². The standard InChI is InChI=1S/C25H26FN3O4S/c1-17(2)28(25(31)20-9-6-18(3)23(13-20)29(32)33)16-24(30)27(15-22-5-4-12-34-22)14-19-7-10-21(26)11-8-19/h4-13,17H,14-16H2,1-3H3. The number of rotatable bonds is 9. The topological polar surface area (TPSA) is 83.8 Å². The van der Waals surface area contributed by atoms with Crippen molar-refractivity contribution in [1.82, 2.24) is 9.80 Å². The Balaban J connectivity index is 1.84. The van der Waals surface area contributed by atoms with Gasteiger partial charge in [0, 0.05) is 34.7 Å². The van der Waals surface area contributed by atoms with Crippen LogP contribution in [0.4, 0.5) is 10.1 Å². The van der Waals surface area contributed by atoms with E-state index in [1.807, 2.05) is 17.5 Å². The molecule has 178 valence electrons. The van der Waals surface area contributed by atoms with E-state index in [1.165, 1.54) is 46.6 Å². The number of nitro benzene ring substituents is 1. The Morgan fingerprint density at radius 3 is 2.38 bits per heavy atom. The number of amides is 2. The van der Waals surface area contributed by atoms with E-state index < -0.39 is 10.8 Å². The first-order valence-corrected chi connectivity index (χ1v) is 11.6. The van der Waals surface area contributed by atoms with E-state index in [0.29, 0.717) is 12.1 Å². The van der Waals surface area contributed by atoms with Crippen molar-refractivity contribution in [2.24, 2.45) is 0 Å². The van der Waals surface area contributed by atoms with Crippen LogP contribution in [0.2, 0.25) is 0 Å². The lowest BCUT2D eigenvalue weighted by atomic mass is 10.1. The van der Waals surface area contributed by atoms with Gasteiger partial charge in [-0.25, -0.2) is 4.39 Å². The van der Waals surface area contributed by atoms with Crippen LogP contribution in [-0.4, -0.2) is 39.1 Å². The van der Waals surface area contributed by atoms with E-state index in [2.05, 4.69) is 0 Å². The summed E-state index contributed by atoms with van der Waals surface area (Å²) in [6, 6.07) is 13.8. The maximum Gasteiger partial charge on any atom is 0.273 e. The number of benzene rings is 2. The third-order valence-electron chi connectivity index (χ3n) is 5.41. The highest BCUT2D eigenvalue weighted by molar-refractivity contribution is 7.09. The number of hydrogen-bond donors (Lipinski definition) is 0. The van der Waals surface area contributed by atoms with Crippen LogP contribution < -0.4 is 0 Å². The zero-order valence-corrected chi connectivity index (χ0v) is 20.0. The first-order chi connectivity index (χ1) is 16.2. The lowest BCUT2D eigenvalue weighted by Crippen LogP contribution is -2.45. The van der Waals surface area contributed by atoms with Gasteiger partial charge in [0.1, 0.15) is 12.4 Å². The van der Waals surface area contributed by atoms with Crippen molar-refractivity contribution in [2.45, 2.75) is 39.9 Å². The molecule has 0 aliphatic rings. The van der Waals surface area contributed by atoms with Crippen LogP contribution in [0.5, 0.6) is 0 Å². The zero-order chi connectivity index (χ0) is 24.8. The second kappa shape index (κ2) is 11.0. The molecule has 3 rings (SSSR count). The lowest BCUT2D eigenvalue weighted by molar-refractivity contribution is -0.385.